The van der Waals surface area contributed by atoms with Gasteiger partial charge in [0.15, 0.2) is 5.16 Å². The lowest BCUT2D eigenvalue weighted by molar-refractivity contribution is 0.619. The number of nitrogens with zero attached hydrogens (tertiary/aromatic N) is 3. The Hall–Kier alpha value is -0.0300. The molecule has 1 unspecified atom stereocenters. The van der Waals surface area contributed by atoms with Crippen molar-refractivity contribution in [2.75, 3.05) is 11.1 Å². The lowest BCUT2D eigenvalue weighted by atomic mass is 10.2. The van der Waals surface area contributed by atoms with E-state index in [9.17, 15) is 0 Å². The Bertz CT molecular complexity index is 408. The highest BCUT2D eigenvalue weighted by atomic mass is 79.9. The molecule has 0 amide bonds. The molecule has 0 aromatic carbocycles. The first kappa shape index (κ1) is 13.0. The largest absolute Gasteiger partial charge is 0.303 e. The van der Waals surface area contributed by atoms with E-state index in [0.29, 0.717) is 12.0 Å². The van der Waals surface area contributed by atoms with Crippen molar-refractivity contribution in [1.82, 2.24) is 14.8 Å². The van der Waals surface area contributed by atoms with Crippen molar-refractivity contribution >= 4 is 27.7 Å². The molecule has 3 rings (SSSR count). The zero-order valence-electron chi connectivity index (χ0n) is 10.8. The van der Waals surface area contributed by atoms with Crippen LogP contribution in [0.4, 0.5) is 0 Å². The number of thioether (sulfide) groups is 1. The van der Waals surface area contributed by atoms with Gasteiger partial charge >= 0.3 is 0 Å². The Morgan fingerprint density at radius 2 is 2.11 bits per heavy atom. The average molecular weight is 330 g/mol. The molecule has 0 aliphatic heterocycles. The third-order valence-corrected chi connectivity index (χ3v) is 5.88. The zero-order valence-corrected chi connectivity index (χ0v) is 13.2. The Labute approximate surface area is 121 Å². The molecule has 0 spiro atoms. The summed E-state index contributed by atoms with van der Waals surface area (Å²) in [4.78, 5) is 0. The Morgan fingerprint density at radius 3 is 2.67 bits per heavy atom. The summed E-state index contributed by atoms with van der Waals surface area (Å²) in [7, 11) is 0. The van der Waals surface area contributed by atoms with Crippen LogP contribution < -0.4 is 0 Å². The molecule has 1 atom stereocenters. The van der Waals surface area contributed by atoms with Gasteiger partial charge in [0.25, 0.3) is 0 Å². The predicted molar refractivity (Wildman–Crippen MR) is 78.6 cm³/mol. The van der Waals surface area contributed by atoms with Crippen molar-refractivity contribution in [3.63, 3.8) is 0 Å². The van der Waals surface area contributed by atoms with Gasteiger partial charge in [-0.15, -0.1) is 10.2 Å². The number of hydrogen-bond acceptors (Lipinski definition) is 3. The second-order valence-electron chi connectivity index (χ2n) is 5.46. The molecule has 2 fully saturated rings. The molecule has 1 aromatic heterocycles. The first-order chi connectivity index (χ1) is 8.83. The van der Waals surface area contributed by atoms with E-state index in [1.54, 1.807) is 0 Å². The van der Waals surface area contributed by atoms with E-state index < -0.39 is 0 Å². The first-order valence-corrected chi connectivity index (χ1v) is 9.07. The maximum absolute atomic E-state index is 4.45. The van der Waals surface area contributed by atoms with Crippen LogP contribution in [-0.2, 0) is 0 Å². The fourth-order valence-corrected chi connectivity index (χ4v) is 4.35. The summed E-state index contributed by atoms with van der Waals surface area (Å²) in [6.07, 6.45) is 6.50. The van der Waals surface area contributed by atoms with Gasteiger partial charge in [0, 0.05) is 23.0 Å². The van der Waals surface area contributed by atoms with Gasteiger partial charge in [0.1, 0.15) is 5.82 Å². The van der Waals surface area contributed by atoms with Crippen LogP contribution in [-0.4, -0.2) is 25.8 Å². The third-order valence-electron chi connectivity index (χ3n) is 3.79. The van der Waals surface area contributed by atoms with E-state index in [1.807, 2.05) is 11.8 Å². The second-order valence-corrected chi connectivity index (χ2v) is 7.09. The van der Waals surface area contributed by atoms with E-state index in [1.165, 1.54) is 43.1 Å². The Kier molecular flexibility index (Phi) is 3.99. The van der Waals surface area contributed by atoms with Gasteiger partial charge in [-0.2, -0.15) is 0 Å². The van der Waals surface area contributed by atoms with Crippen LogP contribution in [0.25, 0.3) is 0 Å². The summed E-state index contributed by atoms with van der Waals surface area (Å²) in [6.45, 7) is 2.26. The Balaban J connectivity index is 1.71. The van der Waals surface area contributed by atoms with E-state index in [4.69, 9.17) is 0 Å². The van der Waals surface area contributed by atoms with Gasteiger partial charge in [-0.1, -0.05) is 41.0 Å². The number of rotatable bonds is 7. The van der Waals surface area contributed by atoms with Crippen LogP contribution in [0.3, 0.4) is 0 Å². The molecular weight excluding hydrogens is 310 g/mol. The topological polar surface area (TPSA) is 30.7 Å². The van der Waals surface area contributed by atoms with Crippen LogP contribution in [0, 0.1) is 5.92 Å². The molecule has 100 valence electrons. The van der Waals surface area contributed by atoms with Crippen molar-refractivity contribution in [2.24, 2.45) is 5.92 Å². The molecule has 0 N–H and O–H groups in total. The molecule has 1 heterocycles. The molecule has 18 heavy (non-hydrogen) atoms. The monoisotopic (exact) mass is 329 g/mol. The lowest BCUT2D eigenvalue weighted by Gasteiger charge is -2.12. The molecule has 2 aliphatic carbocycles. The van der Waals surface area contributed by atoms with Gasteiger partial charge in [-0.05, 0) is 31.6 Å². The first-order valence-electron chi connectivity index (χ1n) is 6.97. The second kappa shape index (κ2) is 5.53. The third kappa shape index (κ3) is 2.77. The molecule has 0 bridgehead atoms. The van der Waals surface area contributed by atoms with Crippen molar-refractivity contribution in [1.29, 1.82) is 0 Å². The van der Waals surface area contributed by atoms with E-state index in [-0.39, 0.29) is 0 Å². The maximum Gasteiger partial charge on any atom is 0.191 e. The van der Waals surface area contributed by atoms with Gasteiger partial charge in [-0.3, -0.25) is 0 Å². The molecule has 2 saturated carbocycles. The lowest BCUT2D eigenvalue weighted by Crippen LogP contribution is -2.06. The highest BCUT2D eigenvalue weighted by Gasteiger charge is 2.36. The SMILES string of the molecule is CCC(CBr)CSc1nnc(C2CC2)n1C1CC1. The van der Waals surface area contributed by atoms with Crippen LogP contribution in [0.2, 0.25) is 0 Å². The minimum absolute atomic E-state index is 0.710. The smallest absolute Gasteiger partial charge is 0.191 e. The fourth-order valence-electron chi connectivity index (χ4n) is 2.15. The molecule has 1 aromatic rings. The maximum atomic E-state index is 4.45. The highest BCUT2D eigenvalue weighted by Crippen LogP contribution is 2.46. The van der Waals surface area contributed by atoms with E-state index in [0.717, 1.165) is 17.0 Å². The van der Waals surface area contributed by atoms with Gasteiger partial charge in [-0.25, -0.2) is 0 Å². The average Bonchev–Trinajstić information content (AvgIpc) is 3.30. The molecule has 2 aliphatic rings. The normalized spacial score (nSPS) is 21.2. The Morgan fingerprint density at radius 1 is 1.33 bits per heavy atom. The summed E-state index contributed by atoms with van der Waals surface area (Å²) in [5.41, 5.74) is 0. The number of aromatic nitrogens is 3. The highest BCUT2D eigenvalue weighted by molar-refractivity contribution is 9.09. The minimum Gasteiger partial charge on any atom is -0.303 e. The summed E-state index contributed by atoms with van der Waals surface area (Å²) in [6, 6.07) is 0.710. The van der Waals surface area contributed by atoms with E-state index >= 15 is 0 Å². The van der Waals surface area contributed by atoms with Gasteiger partial charge in [0.2, 0.25) is 0 Å². The molecule has 0 radical (unpaired) electrons. The summed E-state index contributed by atoms with van der Waals surface area (Å²) < 4.78 is 2.45. The van der Waals surface area contributed by atoms with Crippen LogP contribution in [0.15, 0.2) is 5.16 Å². The molecular formula is C13H20BrN3S. The fraction of sp³-hybridized carbons (Fsp3) is 0.846. The standard InChI is InChI=1S/C13H20BrN3S/c1-2-9(7-14)8-18-13-16-15-12(10-3-4-10)17(13)11-5-6-11/h9-11H,2-8H2,1H3. The van der Waals surface area contributed by atoms with E-state index in [2.05, 4.69) is 37.6 Å². The summed E-state index contributed by atoms with van der Waals surface area (Å²) >= 11 is 5.49. The predicted octanol–water partition coefficient (Wildman–Crippen LogP) is 4.00. The number of hydrogen-bond donors (Lipinski definition) is 0. The molecule has 3 nitrogen and oxygen atoms in total. The minimum atomic E-state index is 0.710. The van der Waals surface area contributed by atoms with Crippen LogP contribution in [0.5, 0.6) is 0 Å². The molecule has 5 heteroatoms. The van der Waals surface area contributed by atoms with Gasteiger partial charge < -0.3 is 4.57 Å². The van der Waals surface area contributed by atoms with Gasteiger partial charge in [0.05, 0.1) is 0 Å². The van der Waals surface area contributed by atoms with Crippen LogP contribution in [0.1, 0.15) is 56.8 Å². The van der Waals surface area contributed by atoms with Crippen molar-refractivity contribution in [3.05, 3.63) is 5.82 Å². The summed E-state index contributed by atoms with van der Waals surface area (Å²) in [5, 5.41) is 11.1. The quantitative estimate of drug-likeness (QED) is 0.559. The van der Waals surface area contributed by atoms with Crippen molar-refractivity contribution in [3.8, 4) is 0 Å². The molecule has 0 saturated heterocycles. The van der Waals surface area contributed by atoms with Crippen molar-refractivity contribution in [2.45, 2.75) is 56.1 Å². The van der Waals surface area contributed by atoms with Crippen molar-refractivity contribution < 1.29 is 0 Å². The van der Waals surface area contributed by atoms with Crippen LogP contribution >= 0.6 is 27.7 Å². The summed E-state index contributed by atoms with van der Waals surface area (Å²) in [5.74, 6) is 3.87. The zero-order chi connectivity index (χ0) is 12.5. The number of alkyl halides is 1. The number of halogens is 1.